The SMILES string of the molecule is O=C1NC(=O)/C(=C/c2ccnc(NC3CCC(NCc4cccnc4-c4ccc(C(F)(F)F)cc4)CC3)n2)S1. The lowest BCUT2D eigenvalue weighted by Gasteiger charge is -2.30. The zero-order chi connectivity index (χ0) is 27.4. The van der Waals surface area contributed by atoms with Gasteiger partial charge in [-0.2, -0.15) is 13.2 Å². The predicted molar refractivity (Wildman–Crippen MR) is 142 cm³/mol. The molecule has 12 heteroatoms. The molecular weight excluding hydrogens is 529 g/mol. The Balaban J connectivity index is 1.14. The highest BCUT2D eigenvalue weighted by atomic mass is 32.2. The van der Waals surface area contributed by atoms with Crippen molar-refractivity contribution in [1.82, 2.24) is 25.6 Å². The van der Waals surface area contributed by atoms with Crippen molar-refractivity contribution in [3.63, 3.8) is 0 Å². The summed E-state index contributed by atoms with van der Waals surface area (Å²) in [4.78, 5) is 36.6. The summed E-state index contributed by atoms with van der Waals surface area (Å²) in [5, 5.41) is 8.76. The summed E-state index contributed by atoms with van der Waals surface area (Å²) in [5.41, 5.74) is 2.09. The summed E-state index contributed by atoms with van der Waals surface area (Å²) in [6.45, 7) is 0.556. The summed E-state index contributed by atoms with van der Waals surface area (Å²) < 4.78 is 38.8. The molecule has 0 spiro atoms. The van der Waals surface area contributed by atoms with Gasteiger partial charge in [0, 0.05) is 36.6 Å². The minimum atomic E-state index is -4.37. The summed E-state index contributed by atoms with van der Waals surface area (Å²) in [5.74, 6) is 0.0359. The number of hydrogen-bond donors (Lipinski definition) is 3. The number of nitrogens with one attached hydrogen (secondary N) is 3. The van der Waals surface area contributed by atoms with Gasteiger partial charge in [-0.05, 0) is 73.4 Å². The van der Waals surface area contributed by atoms with Crippen molar-refractivity contribution in [3.05, 3.63) is 76.6 Å². The van der Waals surface area contributed by atoms with Crippen molar-refractivity contribution in [2.75, 3.05) is 5.32 Å². The van der Waals surface area contributed by atoms with E-state index in [2.05, 4.69) is 30.9 Å². The van der Waals surface area contributed by atoms with Gasteiger partial charge >= 0.3 is 6.18 Å². The molecule has 1 aromatic carbocycles. The largest absolute Gasteiger partial charge is 0.416 e. The van der Waals surface area contributed by atoms with Gasteiger partial charge in [0.15, 0.2) is 0 Å². The van der Waals surface area contributed by atoms with E-state index in [4.69, 9.17) is 0 Å². The lowest BCUT2D eigenvalue weighted by atomic mass is 9.91. The number of hydrogen-bond acceptors (Lipinski definition) is 8. The lowest BCUT2D eigenvalue weighted by Crippen LogP contribution is -2.37. The highest BCUT2D eigenvalue weighted by molar-refractivity contribution is 8.18. The summed E-state index contributed by atoms with van der Waals surface area (Å²) in [7, 11) is 0. The van der Waals surface area contributed by atoms with Gasteiger partial charge in [0.05, 0.1) is 21.9 Å². The molecule has 5 rings (SSSR count). The number of carbonyl (C=O) groups is 2. The zero-order valence-electron chi connectivity index (χ0n) is 20.7. The third-order valence-corrected chi connectivity index (χ3v) is 7.43. The van der Waals surface area contributed by atoms with Crippen molar-refractivity contribution in [2.24, 2.45) is 0 Å². The zero-order valence-corrected chi connectivity index (χ0v) is 21.5. The van der Waals surface area contributed by atoms with E-state index in [0.717, 1.165) is 55.1 Å². The van der Waals surface area contributed by atoms with E-state index in [1.165, 1.54) is 12.1 Å². The smallest absolute Gasteiger partial charge is 0.351 e. The number of pyridine rings is 1. The second kappa shape index (κ2) is 11.5. The fourth-order valence-electron chi connectivity index (χ4n) is 4.61. The summed E-state index contributed by atoms with van der Waals surface area (Å²) in [6, 6.07) is 11.0. The number of aromatic nitrogens is 3. The molecule has 1 aliphatic heterocycles. The molecule has 3 N–H and O–H groups in total. The van der Waals surface area contributed by atoms with Crippen LogP contribution in [0.25, 0.3) is 17.3 Å². The highest BCUT2D eigenvalue weighted by Gasteiger charge is 2.30. The summed E-state index contributed by atoms with van der Waals surface area (Å²) in [6.07, 6.45) is 4.10. The van der Waals surface area contributed by atoms with Crippen LogP contribution in [-0.2, 0) is 17.5 Å². The van der Waals surface area contributed by atoms with Gasteiger partial charge in [0.25, 0.3) is 11.1 Å². The molecule has 1 aliphatic carbocycles. The van der Waals surface area contributed by atoms with Crippen LogP contribution >= 0.6 is 11.8 Å². The maximum absolute atomic E-state index is 12.9. The van der Waals surface area contributed by atoms with Crippen LogP contribution in [0.2, 0.25) is 0 Å². The lowest BCUT2D eigenvalue weighted by molar-refractivity contribution is -0.137. The Labute approximate surface area is 226 Å². The van der Waals surface area contributed by atoms with Gasteiger partial charge in [0.1, 0.15) is 0 Å². The van der Waals surface area contributed by atoms with Crippen LogP contribution in [0.1, 0.15) is 42.5 Å². The second-order valence-electron chi connectivity index (χ2n) is 9.32. The van der Waals surface area contributed by atoms with E-state index >= 15 is 0 Å². The first kappa shape index (κ1) is 26.8. The van der Waals surface area contributed by atoms with Crippen molar-refractivity contribution in [1.29, 1.82) is 0 Å². The number of carbonyl (C=O) groups excluding carboxylic acids is 2. The topological polar surface area (TPSA) is 109 Å². The Hall–Kier alpha value is -3.77. The fraction of sp³-hybridized carbons (Fsp3) is 0.296. The van der Waals surface area contributed by atoms with Gasteiger partial charge in [-0.1, -0.05) is 18.2 Å². The molecule has 202 valence electrons. The number of nitrogens with zero attached hydrogens (tertiary/aromatic N) is 3. The van der Waals surface area contributed by atoms with E-state index in [1.807, 2.05) is 12.1 Å². The molecule has 3 aromatic rings. The van der Waals surface area contributed by atoms with Gasteiger partial charge in [-0.25, -0.2) is 9.97 Å². The molecule has 0 bridgehead atoms. The van der Waals surface area contributed by atoms with Crippen molar-refractivity contribution in [2.45, 2.75) is 50.5 Å². The Bertz CT molecular complexity index is 1390. The molecule has 0 radical (unpaired) electrons. The number of thioether (sulfide) groups is 1. The average Bonchev–Trinajstić information content (AvgIpc) is 3.24. The molecule has 8 nitrogen and oxygen atoms in total. The van der Waals surface area contributed by atoms with Crippen LogP contribution in [0.5, 0.6) is 0 Å². The van der Waals surface area contributed by atoms with Crippen molar-refractivity contribution in [3.8, 4) is 11.3 Å². The Kier molecular flexibility index (Phi) is 7.94. The quantitative estimate of drug-likeness (QED) is 0.334. The molecular formula is C27H25F3N6O2S. The molecule has 2 fully saturated rings. The molecule has 39 heavy (non-hydrogen) atoms. The molecule has 1 saturated carbocycles. The van der Waals surface area contributed by atoms with E-state index in [0.29, 0.717) is 34.3 Å². The minimum absolute atomic E-state index is 0.192. The number of rotatable bonds is 7. The third-order valence-electron chi connectivity index (χ3n) is 6.62. The minimum Gasteiger partial charge on any atom is -0.351 e. The average molecular weight is 555 g/mol. The van der Waals surface area contributed by atoms with Crippen LogP contribution in [0.3, 0.4) is 0 Å². The van der Waals surface area contributed by atoms with E-state index in [-0.39, 0.29) is 12.1 Å². The van der Waals surface area contributed by atoms with Crippen LogP contribution in [0.15, 0.2) is 59.8 Å². The second-order valence-corrected chi connectivity index (χ2v) is 10.3. The van der Waals surface area contributed by atoms with E-state index < -0.39 is 22.9 Å². The van der Waals surface area contributed by atoms with Crippen LogP contribution in [-0.4, -0.2) is 38.2 Å². The van der Waals surface area contributed by atoms with Crippen LogP contribution < -0.4 is 16.0 Å². The Morgan fingerprint density at radius 1 is 0.974 bits per heavy atom. The van der Waals surface area contributed by atoms with Gasteiger partial charge in [0.2, 0.25) is 5.95 Å². The first-order valence-electron chi connectivity index (χ1n) is 12.4. The van der Waals surface area contributed by atoms with E-state index in [9.17, 15) is 22.8 Å². The van der Waals surface area contributed by atoms with Crippen molar-refractivity contribution >= 4 is 34.9 Å². The third kappa shape index (κ3) is 6.82. The van der Waals surface area contributed by atoms with Gasteiger partial charge in [-0.3, -0.25) is 19.9 Å². The van der Waals surface area contributed by atoms with E-state index in [1.54, 1.807) is 24.5 Å². The maximum Gasteiger partial charge on any atom is 0.416 e. The Morgan fingerprint density at radius 3 is 2.41 bits per heavy atom. The molecule has 2 amide bonds. The normalized spacial score (nSPS) is 20.7. The van der Waals surface area contributed by atoms with Gasteiger partial charge < -0.3 is 10.6 Å². The molecule has 2 aromatic heterocycles. The monoisotopic (exact) mass is 554 g/mol. The number of amides is 2. The fourth-order valence-corrected chi connectivity index (χ4v) is 5.28. The highest BCUT2D eigenvalue weighted by Crippen LogP contribution is 2.31. The first-order valence-corrected chi connectivity index (χ1v) is 13.3. The maximum atomic E-state index is 12.9. The molecule has 0 unspecified atom stereocenters. The van der Waals surface area contributed by atoms with Crippen molar-refractivity contribution < 1.29 is 22.8 Å². The van der Waals surface area contributed by atoms with Crippen LogP contribution in [0, 0.1) is 0 Å². The molecule has 3 heterocycles. The summed E-state index contributed by atoms with van der Waals surface area (Å²) >= 11 is 0.843. The molecule has 2 aliphatic rings. The predicted octanol–water partition coefficient (Wildman–Crippen LogP) is 5.39. The van der Waals surface area contributed by atoms with Gasteiger partial charge in [-0.15, -0.1) is 0 Å². The molecule has 0 atom stereocenters. The number of halogens is 3. The first-order chi connectivity index (χ1) is 18.7. The standard InChI is InChI=1S/C27H25F3N6O2S/c28-27(29,30)18-5-3-16(4-6-18)23-17(2-1-12-31-23)15-33-19-7-9-20(10-8-19)34-25-32-13-11-21(35-25)14-22-24(37)36-26(38)39-22/h1-6,11-14,19-20,33H,7-10,15H2,(H,32,34,35)(H,36,37,38)/b22-14-. The Morgan fingerprint density at radius 2 is 1.72 bits per heavy atom. The number of anilines is 1. The number of alkyl halides is 3. The van der Waals surface area contributed by atoms with Crippen LogP contribution in [0.4, 0.5) is 23.9 Å². The number of imide groups is 1. The molecule has 1 saturated heterocycles. The number of benzene rings is 1.